The summed E-state index contributed by atoms with van der Waals surface area (Å²) in [7, 11) is -1.43. The van der Waals surface area contributed by atoms with E-state index in [2.05, 4.69) is 15.2 Å². The Morgan fingerprint density at radius 2 is 1.73 bits per heavy atom. The molecule has 3 rings (SSSR count). The third-order valence-corrected chi connectivity index (χ3v) is 5.99. The summed E-state index contributed by atoms with van der Waals surface area (Å²) >= 11 is 0. The molecule has 2 heterocycles. The summed E-state index contributed by atoms with van der Waals surface area (Å²) < 4.78 is 28.3. The third kappa shape index (κ3) is 6.21. The van der Waals surface area contributed by atoms with E-state index in [9.17, 15) is 13.2 Å². The van der Waals surface area contributed by atoms with Crippen LogP contribution < -0.4 is 5.32 Å². The number of rotatable bonds is 5. The average molecular weight is 546 g/mol. The fraction of sp³-hybridized carbons (Fsp3) is 0.400. The number of halogens is 1. The summed E-state index contributed by atoms with van der Waals surface area (Å²) in [6.07, 6.45) is 3.46. The van der Waals surface area contributed by atoms with Gasteiger partial charge in [0.1, 0.15) is 0 Å². The number of carbonyl (C=O) groups excluding carboxylic acids is 1. The van der Waals surface area contributed by atoms with E-state index in [4.69, 9.17) is 4.42 Å². The van der Waals surface area contributed by atoms with Crippen LogP contribution in [0.3, 0.4) is 0 Å². The highest BCUT2D eigenvalue weighted by atomic mass is 127. The number of nitrogens with one attached hydrogen (secondary N) is 1. The first-order valence-corrected chi connectivity index (χ1v) is 11.3. The van der Waals surface area contributed by atoms with Crippen molar-refractivity contribution in [3.63, 3.8) is 0 Å². The first kappa shape index (κ1) is 24.2. The number of nitrogens with zero attached hydrogens (tertiary/aromatic N) is 3. The molecule has 1 saturated heterocycles. The molecule has 0 atom stereocenters. The Hall–Kier alpha value is -2.08. The molecule has 1 N–H and O–H groups in total. The Morgan fingerprint density at radius 3 is 2.27 bits per heavy atom. The van der Waals surface area contributed by atoms with E-state index in [0.717, 1.165) is 17.9 Å². The molecule has 0 unspecified atom stereocenters. The van der Waals surface area contributed by atoms with Crippen molar-refractivity contribution in [2.24, 2.45) is 4.99 Å². The largest absolute Gasteiger partial charge is 0.459 e. The van der Waals surface area contributed by atoms with Crippen LogP contribution in [0.5, 0.6) is 0 Å². The van der Waals surface area contributed by atoms with Gasteiger partial charge < -0.3 is 19.5 Å². The first-order chi connectivity index (χ1) is 13.9. The maximum Gasteiger partial charge on any atom is 0.289 e. The van der Waals surface area contributed by atoms with Crippen molar-refractivity contribution in [2.75, 3.05) is 46.0 Å². The summed E-state index contributed by atoms with van der Waals surface area (Å²) in [5.41, 5.74) is 1.05. The van der Waals surface area contributed by atoms with Gasteiger partial charge in [0.15, 0.2) is 21.6 Å². The predicted molar refractivity (Wildman–Crippen MR) is 126 cm³/mol. The molecule has 2 aromatic rings. The summed E-state index contributed by atoms with van der Waals surface area (Å²) in [5, 5.41) is 3.34. The highest BCUT2D eigenvalue weighted by Gasteiger charge is 2.25. The molecular weight excluding hydrogens is 519 g/mol. The van der Waals surface area contributed by atoms with Gasteiger partial charge in [0, 0.05) is 46.0 Å². The molecule has 1 aliphatic rings. The van der Waals surface area contributed by atoms with Crippen molar-refractivity contribution >= 4 is 45.7 Å². The highest BCUT2D eigenvalue weighted by molar-refractivity contribution is 14.0. The molecule has 30 heavy (non-hydrogen) atoms. The van der Waals surface area contributed by atoms with Crippen molar-refractivity contribution in [2.45, 2.75) is 11.3 Å². The van der Waals surface area contributed by atoms with Crippen LogP contribution in [0.2, 0.25) is 0 Å². The fourth-order valence-electron chi connectivity index (χ4n) is 3.23. The van der Waals surface area contributed by atoms with Gasteiger partial charge >= 0.3 is 0 Å². The average Bonchev–Trinajstić information content (AvgIpc) is 3.25. The Labute approximate surface area is 194 Å². The molecule has 1 aromatic carbocycles. The number of sulfone groups is 1. The van der Waals surface area contributed by atoms with Gasteiger partial charge in [-0.15, -0.1) is 24.0 Å². The van der Waals surface area contributed by atoms with Gasteiger partial charge in [-0.3, -0.25) is 9.79 Å². The fourth-order valence-corrected chi connectivity index (χ4v) is 3.86. The molecule has 1 aromatic heterocycles. The van der Waals surface area contributed by atoms with E-state index in [0.29, 0.717) is 43.4 Å². The molecule has 0 saturated carbocycles. The molecule has 1 aliphatic heterocycles. The van der Waals surface area contributed by atoms with Crippen LogP contribution in [-0.4, -0.2) is 76.1 Å². The molecule has 1 amide bonds. The van der Waals surface area contributed by atoms with Crippen molar-refractivity contribution in [1.82, 2.24) is 15.1 Å². The first-order valence-electron chi connectivity index (χ1n) is 9.46. The molecule has 0 spiro atoms. The minimum absolute atomic E-state index is 0. The standard InChI is InChI=1S/C20H26N4O4S.HI/c1-21-20(22-10-9-16-5-7-17(8-6-16)29(2,26)27)24-13-11-23(12-14-24)19(25)18-4-3-15-28-18;/h3-8,15H,9-14H2,1-2H3,(H,21,22);1H. The van der Waals surface area contributed by atoms with Crippen LogP contribution in [0.1, 0.15) is 16.1 Å². The maximum atomic E-state index is 12.4. The molecular formula is C20H27IN4O4S. The topological polar surface area (TPSA) is 95.2 Å². The van der Waals surface area contributed by atoms with Crippen molar-refractivity contribution in [3.05, 3.63) is 54.0 Å². The number of guanidine groups is 1. The van der Waals surface area contributed by atoms with Crippen LogP contribution >= 0.6 is 24.0 Å². The van der Waals surface area contributed by atoms with Crippen LogP contribution in [-0.2, 0) is 16.3 Å². The number of carbonyl (C=O) groups is 1. The number of piperazine rings is 1. The lowest BCUT2D eigenvalue weighted by molar-refractivity contribution is 0.0658. The lowest BCUT2D eigenvalue weighted by atomic mass is 10.1. The number of furan rings is 1. The van der Waals surface area contributed by atoms with E-state index >= 15 is 0 Å². The van der Waals surface area contributed by atoms with E-state index in [-0.39, 0.29) is 29.9 Å². The minimum atomic E-state index is -3.17. The molecule has 0 bridgehead atoms. The number of hydrogen-bond donors (Lipinski definition) is 1. The lowest BCUT2D eigenvalue weighted by Crippen LogP contribution is -2.54. The van der Waals surface area contributed by atoms with Crippen LogP contribution in [0.4, 0.5) is 0 Å². The van der Waals surface area contributed by atoms with E-state index in [1.807, 2.05) is 12.1 Å². The van der Waals surface area contributed by atoms with Gasteiger partial charge in [0.05, 0.1) is 11.2 Å². The van der Waals surface area contributed by atoms with Crippen LogP contribution in [0, 0.1) is 0 Å². The van der Waals surface area contributed by atoms with Crippen molar-refractivity contribution in [3.8, 4) is 0 Å². The Balaban J connectivity index is 0.00000320. The Kier molecular flexibility index (Phi) is 8.71. The van der Waals surface area contributed by atoms with E-state index in [1.54, 1.807) is 36.2 Å². The van der Waals surface area contributed by atoms with Gasteiger partial charge in [0.2, 0.25) is 0 Å². The van der Waals surface area contributed by atoms with Gasteiger partial charge in [0.25, 0.3) is 5.91 Å². The zero-order chi connectivity index (χ0) is 20.9. The number of benzene rings is 1. The van der Waals surface area contributed by atoms with Gasteiger partial charge in [-0.1, -0.05) is 12.1 Å². The molecule has 10 heteroatoms. The summed E-state index contributed by atoms with van der Waals surface area (Å²) in [6, 6.07) is 10.3. The monoisotopic (exact) mass is 546 g/mol. The Bertz CT molecular complexity index is 951. The maximum absolute atomic E-state index is 12.4. The zero-order valence-electron chi connectivity index (χ0n) is 17.1. The normalized spacial score (nSPS) is 14.9. The summed E-state index contributed by atoms with van der Waals surface area (Å²) in [4.78, 5) is 20.9. The van der Waals surface area contributed by atoms with Crippen LogP contribution in [0.25, 0.3) is 0 Å². The smallest absolute Gasteiger partial charge is 0.289 e. The SMILES string of the molecule is CN=C(NCCc1ccc(S(C)(=O)=O)cc1)N1CCN(C(=O)c2ccco2)CC1.I. The lowest BCUT2D eigenvalue weighted by Gasteiger charge is -2.36. The minimum Gasteiger partial charge on any atom is -0.459 e. The molecule has 0 aliphatic carbocycles. The molecule has 164 valence electrons. The molecule has 1 fully saturated rings. The van der Waals surface area contributed by atoms with Crippen LogP contribution in [0.15, 0.2) is 57.0 Å². The summed E-state index contributed by atoms with van der Waals surface area (Å²) in [6.45, 7) is 3.27. The predicted octanol–water partition coefficient (Wildman–Crippen LogP) is 1.88. The quantitative estimate of drug-likeness (QED) is 0.350. The second kappa shape index (κ2) is 10.8. The van der Waals surface area contributed by atoms with Gasteiger partial charge in [-0.25, -0.2) is 8.42 Å². The highest BCUT2D eigenvalue weighted by Crippen LogP contribution is 2.11. The van der Waals surface area contributed by atoms with E-state index < -0.39 is 9.84 Å². The summed E-state index contributed by atoms with van der Waals surface area (Å²) in [5.74, 6) is 1.07. The molecule has 8 nitrogen and oxygen atoms in total. The van der Waals surface area contributed by atoms with Crippen molar-refractivity contribution in [1.29, 1.82) is 0 Å². The van der Waals surface area contributed by atoms with Gasteiger partial charge in [-0.05, 0) is 36.2 Å². The second-order valence-corrected chi connectivity index (χ2v) is 8.91. The molecule has 0 radical (unpaired) electrons. The second-order valence-electron chi connectivity index (χ2n) is 6.90. The van der Waals surface area contributed by atoms with Crippen molar-refractivity contribution < 1.29 is 17.6 Å². The van der Waals surface area contributed by atoms with E-state index in [1.165, 1.54) is 12.5 Å². The number of hydrogen-bond acceptors (Lipinski definition) is 5. The number of aliphatic imine (C=N–C) groups is 1. The zero-order valence-corrected chi connectivity index (χ0v) is 20.2. The number of amides is 1. The Morgan fingerprint density at radius 1 is 1.10 bits per heavy atom. The third-order valence-electron chi connectivity index (χ3n) is 4.86. The van der Waals surface area contributed by atoms with Gasteiger partial charge in [-0.2, -0.15) is 0 Å².